The third-order valence-electron chi connectivity index (χ3n) is 0.784. The molecule has 48 valence electrons. The van der Waals surface area contributed by atoms with Crippen molar-refractivity contribution in [1.82, 2.24) is 0 Å². The van der Waals surface area contributed by atoms with Crippen LogP contribution in [-0.2, 0) is 4.79 Å². The number of hydrogen-bond acceptors (Lipinski definition) is 1. The molecule has 0 N–H and O–H groups in total. The van der Waals surface area contributed by atoms with Gasteiger partial charge in [-0.2, -0.15) is 0 Å². The van der Waals surface area contributed by atoms with Gasteiger partial charge in [-0.05, 0) is 0 Å². The molecule has 0 aliphatic rings. The lowest BCUT2D eigenvalue weighted by Crippen LogP contribution is -2.13. The maximum absolute atomic E-state index is 10.7. The molecule has 0 heterocycles. The Kier molecular flexibility index (Phi) is 3.65. The predicted molar refractivity (Wildman–Crippen MR) is 38.4 cm³/mol. The summed E-state index contributed by atoms with van der Waals surface area (Å²) in [6, 6.07) is 0. The molecule has 0 bridgehead atoms. The summed E-state index contributed by atoms with van der Waals surface area (Å²) in [6.07, 6.45) is 0. The minimum absolute atomic E-state index is 0.0249. The molecule has 0 amide bonds. The van der Waals surface area contributed by atoms with E-state index in [2.05, 4.69) is 15.9 Å². The molecule has 0 spiro atoms. The SMILES string of the molecule is CC(C)C(=O)C(Cl)Br. The van der Waals surface area contributed by atoms with Crippen LogP contribution in [0.4, 0.5) is 0 Å². The van der Waals surface area contributed by atoms with Gasteiger partial charge in [0.15, 0.2) is 5.78 Å². The first-order valence-electron chi connectivity index (χ1n) is 2.37. The van der Waals surface area contributed by atoms with Crippen LogP contribution < -0.4 is 0 Å². The Morgan fingerprint density at radius 3 is 2.00 bits per heavy atom. The third-order valence-corrected chi connectivity index (χ3v) is 1.45. The molecular formula is C5H8BrClO. The molecule has 0 aromatic heterocycles. The maximum Gasteiger partial charge on any atom is 0.163 e. The van der Waals surface area contributed by atoms with Gasteiger partial charge in [0.05, 0.1) is 0 Å². The lowest BCUT2D eigenvalue weighted by atomic mass is 10.1. The zero-order valence-electron chi connectivity index (χ0n) is 4.82. The zero-order valence-corrected chi connectivity index (χ0v) is 7.16. The van der Waals surface area contributed by atoms with Crippen LogP contribution in [0.5, 0.6) is 0 Å². The van der Waals surface area contributed by atoms with E-state index in [4.69, 9.17) is 11.6 Å². The average molecular weight is 199 g/mol. The van der Waals surface area contributed by atoms with Crippen molar-refractivity contribution in [1.29, 1.82) is 0 Å². The van der Waals surface area contributed by atoms with Crippen molar-refractivity contribution in [2.24, 2.45) is 5.92 Å². The summed E-state index contributed by atoms with van der Waals surface area (Å²) in [6.45, 7) is 3.64. The zero-order chi connectivity index (χ0) is 6.73. The highest BCUT2D eigenvalue weighted by Crippen LogP contribution is 2.11. The molecule has 0 aromatic carbocycles. The van der Waals surface area contributed by atoms with E-state index < -0.39 is 4.29 Å². The van der Waals surface area contributed by atoms with E-state index in [1.165, 1.54) is 0 Å². The molecular weight excluding hydrogens is 191 g/mol. The topological polar surface area (TPSA) is 17.1 Å². The van der Waals surface area contributed by atoms with Crippen LogP contribution in [0.3, 0.4) is 0 Å². The summed E-state index contributed by atoms with van der Waals surface area (Å²) in [7, 11) is 0. The maximum atomic E-state index is 10.7. The van der Waals surface area contributed by atoms with Crippen LogP contribution in [-0.4, -0.2) is 10.1 Å². The van der Waals surface area contributed by atoms with Gasteiger partial charge < -0.3 is 0 Å². The third kappa shape index (κ3) is 2.68. The Morgan fingerprint density at radius 2 is 2.00 bits per heavy atom. The van der Waals surface area contributed by atoms with Crippen LogP contribution >= 0.6 is 27.5 Å². The highest BCUT2D eigenvalue weighted by atomic mass is 79.9. The number of rotatable bonds is 2. The normalized spacial score (nSPS) is 14.1. The van der Waals surface area contributed by atoms with Crippen molar-refractivity contribution in [3.8, 4) is 0 Å². The molecule has 0 aliphatic heterocycles. The first-order valence-corrected chi connectivity index (χ1v) is 3.72. The number of Topliss-reactive ketones (excluding diaryl/α,β-unsaturated/α-hetero) is 1. The van der Waals surface area contributed by atoms with Gasteiger partial charge in [-0.15, -0.1) is 11.6 Å². The number of carbonyl (C=O) groups excluding carboxylic acids is 1. The molecule has 1 atom stereocenters. The summed E-state index contributed by atoms with van der Waals surface area (Å²) in [5.74, 6) is 0.0588. The number of halogens is 2. The van der Waals surface area contributed by atoms with Gasteiger partial charge in [0, 0.05) is 5.92 Å². The molecule has 1 unspecified atom stereocenters. The van der Waals surface area contributed by atoms with E-state index in [1.54, 1.807) is 0 Å². The van der Waals surface area contributed by atoms with Crippen LogP contribution in [0.2, 0.25) is 0 Å². The summed E-state index contributed by atoms with van der Waals surface area (Å²) < 4.78 is -0.512. The second-order valence-electron chi connectivity index (χ2n) is 1.86. The standard InChI is InChI=1S/C5H8BrClO/c1-3(2)4(8)5(6)7/h3,5H,1-2H3. The summed E-state index contributed by atoms with van der Waals surface area (Å²) in [5, 5.41) is 0. The summed E-state index contributed by atoms with van der Waals surface area (Å²) in [4.78, 5) is 10.7. The van der Waals surface area contributed by atoms with Crippen molar-refractivity contribution in [3.05, 3.63) is 0 Å². The molecule has 8 heavy (non-hydrogen) atoms. The number of carbonyl (C=O) groups is 1. The minimum Gasteiger partial charge on any atom is -0.297 e. The Labute approximate surface area is 62.5 Å². The minimum atomic E-state index is -0.512. The Morgan fingerprint density at radius 1 is 1.62 bits per heavy atom. The fraction of sp³-hybridized carbons (Fsp3) is 0.800. The molecule has 0 saturated heterocycles. The second-order valence-corrected chi connectivity index (χ2v) is 3.74. The molecule has 1 nitrogen and oxygen atoms in total. The summed E-state index contributed by atoms with van der Waals surface area (Å²) >= 11 is 8.35. The Hall–Kier alpha value is 0.440. The van der Waals surface area contributed by atoms with Crippen LogP contribution in [0.15, 0.2) is 0 Å². The molecule has 0 rings (SSSR count). The molecule has 0 aliphatic carbocycles. The Bertz CT molecular complexity index is 80.4. The van der Waals surface area contributed by atoms with Crippen LogP contribution in [0.1, 0.15) is 13.8 Å². The van der Waals surface area contributed by atoms with E-state index >= 15 is 0 Å². The van der Waals surface area contributed by atoms with Crippen molar-refractivity contribution >= 4 is 33.3 Å². The van der Waals surface area contributed by atoms with Crippen molar-refractivity contribution in [2.75, 3.05) is 0 Å². The lowest BCUT2D eigenvalue weighted by Gasteiger charge is -2.01. The largest absolute Gasteiger partial charge is 0.297 e. The van der Waals surface area contributed by atoms with Gasteiger partial charge in [0.25, 0.3) is 0 Å². The van der Waals surface area contributed by atoms with Crippen LogP contribution in [0, 0.1) is 5.92 Å². The van der Waals surface area contributed by atoms with Crippen LogP contribution in [0.25, 0.3) is 0 Å². The van der Waals surface area contributed by atoms with Gasteiger partial charge in [0.2, 0.25) is 0 Å². The second kappa shape index (κ2) is 3.46. The molecule has 0 fully saturated rings. The fourth-order valence-corrected chi connectivity index (χ4v) is 1.03. The number of alkyl halides is 2. The van der Waals surface area contributed by atoms with Gasteiger partial charge in [-0.1, -0.05) is 29.8 Å². The van der Waals surface area contributed by atoms with E-state index in [1.807, 2.05) is 13.8 Å². The first-order chi connectivity index (χ1) is 3.55. The van der Waals surface area contributed by atoms with E-state index in [-0.39, 0.29) is 11.7 Å². The highest BCUT2D eigenvalue weighted by molar-refractivity contribution is 9.10. The van der Waals surface area contributed by atoms with Gasteiger partial charge >= 0.3 is 0 Å². The van der Waals surface area contributed by atoms with Crippen molar-refractivity contribution in [3.63, 3.8) is 0 Å². The van der Waals surface area contributed by atoms with E-state index in [0.29, 0.717) is 0 Å². The monoisotopic (exact) mass is 198 g/mol. The Balaban J connectivity index is 3.65. The number of ketones is 1. The van der Waals surface area contributed by atoms with Gasteiger partial charge in [-0.3, -0.25) is 4.79 Å². The van der Waals surface area contributed by atoms with E-state index in [9.17, 15) is 4.79 Å². The predicted octanol–water partition coefficient (Wildman–Crippen LogP) is 2.17. The fourth-order valence-electron chi connectivity index (χ4n) is 0.252. The lowest BCUT2D eigenvalue weighted by molar-refractivity contribution is -0.119. The van der Waals surface area contributed by atoms with Gasteiger partial charge in [0.1, 0.15) is 4.29 Å². The average Bonchev–Trinajstić information content (AvgIpc) is 1.64. The molecule has 0 aromatic rings. The van der Waals surface area contributed by atoms with Crippen molar-refractivity contribution in [2.45, 2.75) is 18.1 Å². The van der Waals surface area contributed by atoms with Gasteiger partial charge in [-0.25, -0.2) is 0 Å². The molecule has 0 saturated carbocycles. The highest BCUT2D eigenvalue weighted by Gasteiger charge is 2.13. The number of hydrogen-bond donors (Lipinski definition) is 0. The molecule has 3 heteroatoms. The van der Waals surface area contributed by atoms with Crippen molar-refractivity contribution < 1.29 is 4.79 Å². The summed E-state index contributed by atoms with van der Waals surface area (Å²) in [5.41, 5.74) is 0. The quantitative estimate of drug-likeness (QED) is 0.623. The molecule has 0 radical (unpaired) electrons. The first kappa shape index (κ1) is 8.44. The van der Waals surface area contributed by atoms with E-state index in [0.717, 1.165) is 0 Å². The smallest absolute Gasteiger partial charge is 0.163 e.